The molecule has 1 aliphatic rings. The van der Waals surface area contributed by atoms with Crippen LogP contribution in [0.2, 0.25) is 0 Å². The Morgan fingerprint density at radius 1 is 1.25 bits per heavy atom. The van der Waals surface area contributed by atoms with Gasteiger partial charge in [-0.1, -0.05) is 12.1 Å². The zero-order valence-corrected chi connectivity index (χ0v) is 13.4. The van der Waals surface area contributed by atoms with Crippen LogP contribution in [0.1, 0.15) is 30.1 Å². The summed E-state index contributed by atoms with van der Waals surface area (Å²) in [7, 11) is 1.44. The van der Waals surface area contributed by atoms with E-state index >= 15 is 0 Å². The maximum atomic E-state index is 11.9. The van der Waals surface area contributed by atoms with Gasteiger partial charge in [-0.15, -0.1) is 0 Å². The number of Topliss-reactive ketones (excluding diaryl/α,β-unsaturated/α-hetero) is 1. The molecule has 8 heteroatoms. The summed E-state index contributed by atoms with van der Waals surface area (Å²) in [4.78, 5) is 46.5. The molecule has 1 aliphatic heterocycles. The number of nitrogens with zero attached hydrogens (tertiary/aromatic N) is 2. The molecule has 0 saturated heterocycles. The number of carbonyl (C=O) groups excluding carboxylic acids is 4. The van der Waals surface area contributed by atoms with Crippen molar-refractivity contribution in [1.29, 1.82) is 0 Å². The van der Waals surface area contributed by atoms with Gasteiger partial charge in [0.05, 0.1) is 5.69 Å². The maximum absolute atomic E-state index is 11.9. The number of benzene rings is 1. The summed E-state index contributed by atoms with van der Waals surface area (Å²) < 4.78 is 4.89. The normalized spacial score (nSPS) is 14.0. The minimum Gasteiger partial charge on any atom is -0.451 e. The molecule has 0 unspecified atom stereocenters. The number of amides is 2. The van der Waals surface area contributed by atoms with Crippen molar-refractivity contribution in [1.82, 2.24) is 5.01 Å². The molecule has 1 heterocycles. The van der Waals surface area contributed by atoms with Crippen LogP contribution in [0.5, 0.6) is 0 Å². The van der Waals surface area contributed by atoms with Gasteiger partial charge in [0, 0.05) is 25.5 Å². The minimum atomic E-state index is -0.746. The predicted octanol–water partition coefficient (Wildman–Crippen LogP) is 0.979. The molecule has 24 heavy (non-hydrogen) atoms. The first-order valence-corrected chi connectivity index (χ1v) is 7.29. The van der Waals surface area contributed by atoms with Crippen molar-refractivity contribution in [2.24, 2.45) is 5.10 Å². The second-order valence-corrected chi connectivity index (χ2v) is 5.19. The van der Waals surface area contributed by atoms with Gasteiger partial charge in [0.15, 0.2) is 12.4 Å². The number of para-hydroxylation sites is 1. The Labute approximate surface area is 138 Å². The average Bonchev–Trinajstić information content (AvgIpc) is 2.55. The Bertz CT molecular complexity index is 726. The smallest absolute Gasteiger partial charge is 0.355 e. The summed E-state index contributed by atoms with van der Waals surface area (Å²) in [6, 6.07) is 6.54. The largest absolute Gasteiger partial charge is 0.451 e. The van der Waals surface area contributed by atoms with Crippen LogP contribution in [0, 0.1) is 0 Å². The number of hydrogen-bond acceptors (Lipinski definition) is 6. The lowest BCUT2D eigenvalue weighted by atomic mass is 10.1. The SMILES string of the molecule is CC(=O)c1ccccc1NC(=O)COC(=O)C1=NN(C)C(=O)CC1. The van der Waals surface area contributed by atoms with Crippen LogP contribution in [0.3, 0.4) is 0 Å². The van der Waals surface area contributed by atoms with E-state index < -0.39 is 18.5 Å². The number of esters is 1. The summed E-state index contributed by atoms with van der Waals surface area (Å²) in [5.74, 6) is -1.69. The molecule has 126 valence electrons. The van der Waals surface area contributed by atoms with E-state index in [0.29, 0.717) is 11.3 Å². The average molecular weight is 331 g/mol. The third-order valence-corrected chi connectivity index (χ3v) is 3.36. The number of nitrogens with one attached hydrogen (secondary N) is 1. The first-order chi connectivity index (χ1) is 11.4. The molecule has 0 aliphatic carbocycles. The third-order valence-electron chi connectivity index (χ3n) is 3.36. The summed E-state index contributed by atoms with van der Waals surface area (Å²) in [5.41, 5.74) is 0.814. The van der Waals surface area contributed by atoms with Gasteiger partial charge in [-0.2, -0.15) is 5.10 Å². The number of anilines is 1. The third kappa shape index (κ3) is 4.25. The molecule has 8 nitrogen and oxygen atoms in total. The van der Waals surface area contributed by atoms with Gasteiger partial charge < -0.3 is 10.1 Å². The van der Waals surface area contributed by atoms with Crippen LogP contribution in [0.15, 0.2) is 29.4 Å². The fourth-order valence-electron chi connectivity index (χ4n) is 2.12. The van der Waals surface area contributed by atoms with Crippen molar-refractivity contribution in [2.45, 2.75) is 19.8 Å². The number of hydrogen-bond donors (Lipinski definition) is 1. The van der Waals surface area contributed by atoms with Crippen LogP contribution in [-0.4, -0.2) is 47.9 Å². The molecule has 0 aromatic heterocycles. The lowest BCUT2D eigenvalue weighted by Gasteiger charge is -2.18. The Morgan fingerprint density at radius 3 is 2.62 bits per heavy atom. The lowest BCUT2D eigenvalue weighted by Crippen LogP contribution is -2.33. The zero-order valence-electron chi connectivity index (χ0n) is 13.4. The molecule has 0 radical (unpaired) electrons. The molecule has 0 spiro atoms. The Balaban J connectivity index is 1.92. The molecule has 1 aromatic rings. The summed E-state index contributed by atoms with van der Waals surface area (Å²) >= 11 is 0. The van der Waals surface area contributed by atoms with Crippen molar-refractivity contribution in [3.8, 4) is 0 Å². The van der Waals surface area contributed by atoms with Crippen LogP contribution in [0.25, 0.3) is 0 Å². The molecule has 0 saturated carbocycles. The van der Waals surface area contributed by atoms with Gasteiger partial charge in [-0.3, -0.25) is 14.4 Å². The maximum Gasteiger partial charge on any atom is 0.355 e. The zero-order chi connectivity index (χ0) is 17.7. The Hall–Kier alpha value is -3.03. The number of ketones is 1. The first-order valence-electron chi connectivity index (χ1n) is 7.29. The molecule has 2 rings (SSSR count). The monoisotopic (exact) mass is 331 g/mol. The van der Waals surface area contributed by atoms with Gasteiger partial charge >= 0.3 is 5.97 Å². The van der Waals surface area contributed by atoms with Crippen molar-refractivity contribution in [2.75, 3.05) is 19.0 Å². The van der Waals surface area contributed by atoms with Gasteiger partial charge in [0.25, 0.3) is 5.91 Å². The summed E-state index contributed by atoms with van der Waals surface area (Å²) in [5, 5.41) is 7.41. The van der Waals surface area contributed by atoms with E-state index in [0.717, 1.165) is 5.01 Å². The molecule has 0 bridgehead atoms. The standard InChI is InChI=1S/C16H17N3O5/c1-10(20)11-5-3-4-6-12(11)17-14(21)9-24-16(23)13-7-8-15(22)19(2)18-13/h3-6H,7-9H2,1-2H3,(H,17,21). The molecule has 1 aromatic carbocycles. The van der Waals surface area contributed by atoms with E-state index in [2.05, 4.69) is 10.4 Å². The first kappa shape index (κ1) is 17.3. The van der Waals surface area contributed by atoms with Crippen LogP contribution >= 0.6 is 0 Å². The highest BCUT2D eigenvalue weighted by Crippen LogP contribution is 2.15. The number of ether oxygens (including phenoxy) is 1. The highest BCUT2D eigenvalue weighted by molar-refractivity contribution is 6.37. The van der Waals surface area contributed by atoms with E-state index in [9.17, 15) is 19.2 Å². The van der Waals surface area contributed by atoms with Gasteiger partial charge in [-0.05, 0) is 19.1 Å². The van der Waals surface area contributed by atoms with Crippen LogP contribution in [0.4, 0.5) is 5.69 Å². The van der Waals surface area contributed by atoms with Gasteiger partial charge in [0.1, 0.15) is 5.71 Å². The number of carbonyl (C=O) groups is 4. The van der Waals surface area contributed by atoms with Crippen molar-refractivity contribution >= 4 is 35.0 Å². The fraction of sp³-hybridized carbons (Fsp3) is 0.312. The molecular formula is C16H17N3O5. The van der Waals surface area contributed by atoms with E-state index in [1.807, 2.05) is 0 Å². The second kappa shape index (κ2) is 7.49. The van der Waals surface area contributed by atoms with Gasteiger partial charge in [-0.25, -0.2) is 9.80 Å². The van der Waals surface area contributed by atoms with Gasteiger partial charge in [0.2, 0.25) is 5.91 Å². The quantitative estimate of drug-likeness (QED) is 0.639. The molecular weight excluding hydrogens is 314 g/mol. The van der Waals surface area contributed by atoms with Crippen LogP contribution in [-0.2, 0) is 19.1 Å². The molecule has 0 fully saturated rings. The fourth-order valence-corrected chi connectivity index (χ4v) is 2.12. The van der Waals surface area contributed by atoms with E-state index in [-0.39, 0.29) is 30.2 Å². The molecule has 2 amide bonds. The Kier molecular flexibility index (Phi) is 5.41. The number of rotatable bonds is 5. The number of hydrazone groups is 1. The van der Waals surface area contributed by atoms with E-state index in [1.54, 1.807) is 24.3 Å². The van der Waals surface area contributed by atoms with Crippen molar-refractivity contribution in [3.63, 3.8) is 0 Å². The second-order valence-electron chi connectivity index (χ2n) is 5.19. The summed E-state index contributed by atoms with van der Waals surface area (Å²) in [6.07, 6.45) is 0.347. The van der Waals surface area contributed by atoms with Crippen molar-refractivity contribution < 1.29 is 23.9 Å². The lowest BCUT2D eigenvalue weighted by molar-refractivity contribution is -0.141. The topological polar surface area (TPSA) is 105 Å². The van der Waals surface area contributed by atoms with E-state index in [4.69, 9.17) is 4.74 Å². The highest BCUT2D eigenvalue weighted by atomic mass is 16.5. The molecule has 0 atom stereocenters. The predicted molar refractivity (Wildman–Crippen MR) is 85.5 cm³/mol. The Morgan fingerprint density at radius 2 is 1.96 bits per heavy atom. The van der Waals surface area contributed by atoms with E-state index in [1.165, 1.54) is 14.0 Å². The highest BCUT2D eigenvalue weighted by Gasteiger charge is 2.23. The summed E-state index contributed by atoms with van der Waals surface area (Å²) in [6.45, 7) is 0.881. The molecule has 1 N–H and O–H groups in total. The minimum absolute atomic E-state index is 0.0917. The van der Waals surface area contributed by atoms with Crippen molar-refractivity contribution in [3.05, 3.63) is 29.8 Å². The van der Waals surface area contributed by atoms with Crippen LogP contribution < -0.4 is 5.32 Å².